The molecule has 5 rings (SSSR count). The van der Waals surface area contributed by atoms with Crippen molar-refractivity contribution in [1.29, 1.82) is 0 Å². The van der Waals surface area contributed by atoms with Gasteiger partial charge in [-0.1, -0.05) is 5.92 Å². The summed E-state index contributed by atoms with van der Waals surface area (Å²) >= 11 is 0. The van der Waals surface area contributed by atoms with Crippen molar-refractivity contribution < 1.29 is 39.9 Å². The maximum absolute atomic E-state index is 15.2. The molecule has 2 fully saturated rings. The Kier molecular flexibility index (Phi) is 7.60. The van der Waals surface area contributed by atoms with Gasteiger partial charge in [0.2, 0.25) is 0 Å². The number of alkyl halides is 3. The summed E-state index contributed by atoms with van der Waals surface area (Å²) in [6, 6.07) is 4.66. The zero-order valence-electron chi connectivity index (χ0n) is 20.7. The Hall–Kier alpha value is -3.12. The standard InChI is InChI=1S/C30H24F8O/c31-22-14-20-11-19(15-25(34)28(20)29(35)21(22)8-9-30(36,37)38)27-23(32)12-18(13-24(27)33)16-4-6-17(7-5-16)26-3-1-2-10-39-26/h11-17,26H,1-7,10H2. The molecule has 2 aliphatic rings. The predicted octanol–water partition coefficient (Wildman–Crippen LogP) is 8.96. The second-order valence-electron chi connectivity index (χ2n) is 10.2. The highest BCUT2D eigenvalue weighted by atomic mass is 19.4. The molecule has 0 bridgehead atoms. The quantitative estimate of drug-likeness (QED) is 0.233. The Morgan fingerprint density at radius 3 is 2.05 bits per heavy atom. The first-order valence-electron chi connectivity index (χ1n) is 12.8. The van der Waals surface area contributed by atoms with Crippen molar-refractivity contribution in [3.05, 3.63) is 70.5 Å². The van der Waals surface area contributed by atoms with Gasteiger partial charge in [-0.2, -0.15) is 13.2 Å². The molecule has 1 atom stereocenters. The van der Waals surface area contributed by atoms with Gasteiger partial charge in [0.05, 0.1) is 22.6 Å². The third-order valence-corrected chi connectivity index (χ3v) is 7.75. The Morgan fingerprint density at radius 2 is 1.44 bits per heavy atom. The topological polar surface area (TPSA) is 9.23 Å². The lowest BCUT2D eigenvalue weighted by molar-refractivity contribution is -0.0696. The van der Waals surface area contributed by atoms with Crippen molar-refractivity contribution in [1.82, 2.24) is 0 Å². The van der Waals surface area contributed by atoms with Gasteiger partial charge in [-0.25, -0.2) is 22.0 Å². The SMILES string of the molecule is Fc1cc2cc(-c3c(F)cc(C4CCC(C5CCCCO5)CC4)cc3F)cc(F)c2c(F)c1C#CC(F)(F)F. The van der Waals surface area contributed by atoms with Crippen LogP contribution in [0.5, 0.6) is 0 Å². The Morgan fingerprint density at radius 1 is 0.744 bits per heavy atom. The van der Waals surface area contributed by atoms with Gasteiger partial charge in [-0.05, 0) is 104 Å². The van der Waals surface area contributed by atoms with E-state index in [1.165, 1.54) is 18.1 Å². The molecule has 1 aliphatic heterocycles. The zero-order chi connectivity index (χ0) is 27.9. The summed E-state index contributed by atoms with van der Waals surface area (Å²) in [6.07, 6.45) is 1.76. The summed E-state index contributed by atoms with van der Waals surface area (Å²) in [5.41, 5.74) is -1.63. The van der Waals surface area contributed by atoms with Gasteiger partial charge in [0.15, 0.2) is 5.82 Å². The number of fused-ring (bicyclic) bond motifs is 1. The fourth-order valence-corrected chi connectivity index (χ4v) is 5.87. The molecule has 9 heteroatoms. The van der Waals surface area contributed by atoms with Crippen molar-refractivity contribution in [3.63, 3.8) is 0 Å². The van der Waals surface area contributed by atoms with Gasteiger partial charge in [0, 0.05) is 12.5 Å². The average Bonchev–Trinajstić information content (AvgIpc) is 2.87. The molecule has 1 unspecified atom stereocenters. The van der Waals surface area contributed by atoms with E-state index in [2.05, 4.69) is 0 Å². The van der Waals surface area contributed by atoms with Crippen LogP contribution in [-0.2, 0) is 4.74 Å². The van der Waals surface area contributed by atoms with Crippen LogP contribution in [0, 0.1) is 46.8 Å². The first-order valence-corrected chi connectivity index (χ1v) is 12.8. The molecule has 1 heterocycles. The molecule has 0 N–H and O–H groups in total. The van der Waals surface area contributed by atoms with Crippen molar-refractivity contribution >= 4 is 10.8 Å². The van der Waals surface area contributed by atoms with Crippen LogP contribution in [0.2, 0.25) is 0 Å². The largest absolute Gasteiger partial charge is 0.458 e. The minimum Gasteiger partial charge on any atom is -0.378 e. The van der Waals surface area contributed by atoms with Crippen molar-refractivity contribution in [3.8, 4) is 23.0 Å². The average molecular weight is 553 g/mol. The lowest BCUT2D eigenvalue weighted by Gasteiger charge is -2.36. The molecule has 206 valence electrons. The highest BCUT2D eigenvalue weighted by molar-refractivity contribution is 5.90. The summed E-state index contributed by atoms with van der Waals surface area (Å²) in [4.78, 5) is 0. The number of halogens is 8. The minimum absolute atomic E-state index is 0.0457. The molecular formula is C30H24F8O. The van der Waals surface area contributed by atoms with Crippen LogP contribution in [-0.4, -0.2) is 18.9 Å². The third kappa shape index (κ3) is 5.76. The van der Waals surface area contributed by atoms with Gasteiger partial charge in [-0.15, -0.1) is 0 Å². The number of hydrogen-bond acceptors (Lipinski definition) is 1. The molecule has 39 heavy (non-hydrogen) atoms. The van der Waals surface area contributed by atoms with E-state index in [9.17, 15) is 26.3 Å². The number of rotatable bonds is 3. The normalized spacial score (nSPS) is 22.0. The first-order chi connectivity index (χ1) is 18.5. The summed E-state index contributed by atoms with van der Waals surface area (Å²) < 4.78 is 118. The maximum atomic E-state index is 15.2. The van der Waals surface area contributed by atoms with Crippen LogP contribution in [0.4, 0.5) is 35.1 Å². The molecule has 0 radical (unpaired) electrons. The van der Waals surface area contributed by atoms with Gasteiger partial charge in [-0.3, -0.25) is 0 Å². The molecule has 1 saturated heterocycles. The van der Waals surface area contributed by atoms with Crippen LogP contribution in [0.25, 0.3) is 21.9 Å². The molecule has 0 aromatic heterocycles. The van der Waals surface area contributed by atoms with Crippen LogP contribution in [0.3, 0.4) is 0 Å². The molecule has 3 aromatic rings. The van der Waals surface area contributed by atoms with E-state index in [1.54, 1.807) is 0 Å². The van der Waals surface area contributed by atoms with Crippen molar-refractivity contribution in [2.75, 3.05) is 6.61 Å². The molecule has 1 aliphatic carbocycles. The highest BCUT2D eigenvalue weighted by Crippen LogP contribution is 2.41. The second kappa shape index (κ2) is 10.8. The van der Waals surface area contributed by atoms with Gasteiger partial charge < -0.3 is 4.74 Å². The van der Waals surface area contributed by atoms with Crippen LogP contribution >= 0.6 is 0 Å². The monoisotopic (exact) mass is 552 g/mol. The molecule has 0 spiro atoms. The maximum Gasteiger partial charge on any atom is 0.458 e. The van der Waals surface area contributed by atoms with Crippen LogP contribution in [0.15, 0.2) is 30.3 Å². The summed E-state index contributed by atoms with van der Waals surface area (Å²) in [6.45, 7) is 0.768. The number of hydrogen-bond donors (Lipinski definition) is 0. The molecule has 0 amide bonds. The van der Waals surface area contributed by atoms with E-state index in [1.807, 2.05) is 0 Å². The zero-order valence-corrected chi connectivity index (χ0v) is 20.7. The summed E-state index contributed by atoms with van der Waals surface area (Å²) in [7, 11) is 0. The molecule has 3 aromatic carbocycles. The third-order valence-electron chi connectivity index (χ3n) is 7.75. The Labute approximate surface area is 220 Å². The van der Waals surface area contributed by atoms with Crippen LogP contribution < -0.4 is 0 Å². The van der Waals surface area contributed by atoms with Crippen molar-refractivity contribution in [2.24, 2.45) is 5.92 Å². The smallest absolute Gasteiger partial charge is 0.378 e. The van der Waals surface area contributed by atoms with E-state index in [4.69, 9.17) is 4.74 Å². The highest BCUT2D eigenvalue weighted by Gasteiger charge is 2.31. The Balaban J connectivity index is 1.43. The van der Waals surface area contributed by atoms with Gasteiger partial charge in [0.25, 0.3) is 0 Å². The van der Waals surface area contributed by atoms with E-state index < -0.39 is 57.2 Å². The van der Waals surface area contributed by atoms with Gasteiger partial charge in [0.1, 0.15) is 23.3 Å². The molecule has 1 saturated carbocycles. The van der Waals surface area contributed by atoms with E-state index >= 15 is 8.78 Å². The summed E-state index contributed by atoms with van der Waals surface area (Å²) in [5, 5.41) is -1.24. The molecular weight excluding hydrogens is 528 g/mol. The van der Waals surface area contributed by atoms with Crippen LogP contribution in [0.1, 0.15) is 62.0 Å². The van der Waals surface area contributed by atoms with E-state index in [-0.39, 0.29) is 17.6 Å². The lowest BCUT2D eigenvalue weighted by atomic mass is 9.75. The van der Waals surface area contributed by atoms with Crippen molar-refractivity contribution in [2.45, 2.75) is 63.1 Å². The lowest BCUT2D eigenvalue weighted by Crippen LogP contribution is -2.30. The minimum atomic E-state index is -5.01. The number of ether oxygens (including phenoxy) is 1. The predicted molar refractivity (Wildman–Crippen MR) is 130 cm³/mol. The summed E-state index contributed by atoms with van der Waals surface area (Å²) in [5.74, 6) is -3.83. The second-order valence-corrected chi connectivity index (χ2v) is 10.2. The fourth-order valence-electron chi connectivity index (χ4n) is 5.87. The first kappa shape index (κ1) is 27.4. The molecule has 1 nitrogen and oxygen atoms in total. The van der Waals surface area contributed by atoms with E-state index in [0.29, 0.717) is 23.6 Å². The van der Waals surface area contributed by atoms with E-state index in [0.717, 1.165) is 63.5 Å². The fraction of sp³-hybridized carbons (Fsp3) is 0.400. The van der Waals surface area contributed by atoms with Gasteiger partial charge >= 0.3 is 6.18 Å². The Bertz CT molecular complexity index is 1430. The number of benzene rings is 3.